The minimum Gasteiger partial charge on any atom is -0.424 e. The zero-order valence-corrected chi connectivity index (χ0v) is 12.9. The molecule has 0 saturated heterocycles. The average Bonchev–Trinajstić information content (AvgIpc) is 2.60. The minimum absolute atomic E-state index is 0.167. The molecule has 6 heteroatoms. The summed E-state index contributed by atoms with van der Waals surface area (Å²) in [5.74, 6) is -0.246. The van der Waals surface area contributed by atoms with Crippen molar-refractivity contribution in [2.75, 3.05) is 5.32 Å². The lowest BCUT2D eigenvalue weighted by Gasteiger charge is -2.07. The lowest BCUT2D eigenvalue weighted by Crippen LogP contribution is -2.12. The second-order valence-corrected chi connectivity index (χ2v) is 5.09. The molecule has 0 aliphatic carbocycles. The first kappa shape index (κ1) is 15.6. The molecule has 1 aromatic heterocycles. The number of para-hydroxylation sites is 1. The van der Waals surface area contributed by atoms with Gasteiger partial charge < -0.3 is 10.1 Å². The predicted molar refractivity (Wildman–Crippen MR) is 87.6 cm³/mol. The van der Waals surface area contributed by atoms with E-state index in [-0.39, 0.29) is 11.6 Å². The van der Waals surface area contributed by atoms with Crippen LogP contribution >= 0.6 is 0 Å². The molecule has 0 bridgehead atoms. The molecule has 24 heavy (non-hydrogen) atoms. The highest BCUT2D eigenvalue weighted by Gasteiger charge is 2.09. The van der Waals surface area contributed by atoms with Crippen molar-refractivity contribution >= 4 is 11.6 Å². The largest absolute Gasteiger partial charge is 0.424 e. The lowest BCUT2D eigenvalue weighted by atomic mass is 10.1. The van der Waals surface area contributed by atoms with Crippen molar-refractivity contribution in [2.24, 2.45) is 0 Å². The highest BCUT2D eigenvalue weighted by atomic mass is 19.1. The maximum absolute atomic E-state index is 13.5. The van der Waals surface area contributed by atoms with Crippen LogP contribution in [0.4, 0.5) is 10.1 Å². The van der Waals surface area contributed by atoms with Crippen molar-refractivity contribution in [1.82, 2.24) is 9.97 Å². The molecule has 0 saturated carbocycles. The Hall–Kier alpha value is -3.28. The molecule has 3 aromatic rings. The van der Waals surface area contributed by atoms with E-state index in [1.54, 1.807) is 31.2 Å². The summed E-state index contributed by atoms with van der Waals surface area (Å²) in [6, 6.07) is 13.6. The van der Waals surface area contributed by atoms with Crippen LogP contribution in [0.2, 0.25) is 0 Å². The number of nitrogens with one attached hydrogen (secondary N) is 1. The summed E-state index contributed by atoms with van der Waals surface area (Å²) in [6.45, 7) is 1.64. The fourth-order valence-corrected chi connectivity index (χ4v) is 1.96. The first-order valence-corrected chi connectivity index (χ1v) is 7.24. The smallest absolute Gasteiger partial charge is 0.322 e. The Morgan fingerprint density at radius 1 is 1.08 bits per heavy atom. The van der Waals surface area contributed by atoms with Crippen LogP contribution in [0.15, 0.2) is 60.9 Å². The quantitative estimate of drug-likeness (QED) is 0.789. The maximum atomic E-state index is 13.5. The zero-order chi connectivity index (χ0) is 16.9. The van der Waals surface area contributed by atoms with E-state index in [0.29, 0.717) is 17.0 Å². The number of anilines is 1. The standard InChI is InChI=1S/C18H14FN3O2/c1-12-7-8-13(9-16(12)19)17(23)22-14-10-20-18(21-11-14)24-15-5-3-2-4-6-15/h2-11H,1H3,(H,22,23). The van der Waals surface area contributed by atoms with Crippen molar-refractivity contribution in [3.63, 3.8) is 0 Å². The van der Waals surface area contributed by atoms with Gasteiger partial charge in [-0.1, -0.05) is 24.3 Å². The van der Waals surface area contributed by atoms with Gasteiger partial charge in [0.2, 0.25) is 0 Å². The molecule has 0 radical (unpaired) electrons. The van der Waals surface area contributed by atoms with E-state index in [1.807, 2.05) is 18.2 Å². The molecular weight excluding hydrogens is 309 g/mol. The second kappa shape index (κ2) is 6.87. The number of aryl methyl sites for hydroxylation is 1. The molecular formula is C18H14FN3O2. The third-order valence-corrected chi connectivity index (χ3v) is 3.27. The number of nitrogens with zero attached hydrogens (tertiary/aromatic N) is 2. The van der Waals surface area contributed by atoms with Gasteiger partial charge in [-0.3, -0.25) is 4.79 Å². The number of hydrogen-bond donors (Lipinski definition) is 1. The van der Waals surface area contributed by atoms with Crippen molar-refractivity contribution in [3.8, 4) is 11.8 Å². The summed E-state index contributed by atoms with van der Waals surface area (Å²) in [4.78, 5) is 20.1. The number of halogens is 1. The molecule has 1 heterocycles. The minimum atomic E-state index is -0.436. The number of carbonyl (C=O) groups is 1. The van der Waals surface area contributed by atoms with Gasteiger partial charge >= 0.3 is 6.01 Å². The maximum Gasteiger partial charge on any atom is 0.322 e. The molecule has 5 nitrogen and oxygen atoms in total. The highest BCUT2D eigenvalue weighted by molar-refractivity contribution is 6.04. The molecule has 120 valence electrons. The van der Waals surface area contributed by atoms with Gasteiger partial charge in [0.15, 0.2) is 0 Å². The van der Waals surface area contributed by atoms with Gasteiger partial charge in [-0.25, -0.2) is 14.4 Å². The summed E-state index contributed by atoms with van der Waals surface area (Å²) >= 11 is 0. The lowest BCUT2D eigenvalue weighted by molar-refractivity contribution is 0.102. The van der Waals surface area contributed by atoms with Crippen molar-refractivity contribution in [2.45, 2.75) is 6.92 Å². The average molecular weight is 323 g/mol. The first-order valence-electron chi connectivity index (χ1n) is 7.24. The summed E-state index contributed by atoms with van der Waals surface area (Å²) in [7, 11) is 0. The van der Waals surface area contributed by atoms with E-state index in [1.165, 1.54) is 18.5 Å². The Morgan fingerprint density at radius 3 is 2.46 bits per heavy atom. The number of aromatic nitrogens is 2. The molecule has 0 spiro atoms. The summed E-state index contributed by atoms with van der Waals surface area (Å²) in [5.41, 5.74) is 1.10. The Labute approximate surface area is 138 Å². The van der Waals surface area contributed by atoms with Crippen molar-refractivity contribution in [3.05, 3.63) is 77.9 Å². The molecule has 2 aromatic carbocycles. The third kappa shape index (κ3) is 3.73. The zero-order valence-electron chi connectivity index (χ0n) is 12.9. The van der Waals surface area contributed by atoms with Crippen LogP contribution in [0.25, 0.3) is 0 Å². The van der Waals surface area contributed by atoms with Crippen LogP contribution < -0.4 is 10.1 Å². The van der Waals surface area contributed by atoms with Crippen LogP contribution in [0.5, 0.6) is 11.8 Å². The van der Waals surface area contributed by atoms with Gasteiger partial charge in [-0.05, 0) is 36.8 Å². The Balaban J connectivity index is 1.67. The van der Waals surface area contributed by atoms with Gasteiger partial charge in [0.25, 0.3) is 5.91 Å². The Kier molecular flexibility index (Phi) is 4.47. The van der Waals surface area contributed by atoms with Crippen molar-refractivity contribution in [1.29, 1.82) is 0 Å². The molecule has 0 unspecified atom stereocenters. The summed E-state index contributed by atoms with van der Waals surface area (Å²) in [5, 5.41) is 2.61. The van der Waals surface area contributed by atoms with Gasteiger partial charge in [-0.15, -0.1) is 0 Å². The Bertz CT molecular complexity index is 852. The molecule has 1 amide bonds. The molecule has 0 atom stereocenters. The van der Waals surface area contributed by atoms with Gasteiger partial charge in [0.05, 0.1) is 18.1 Å². The second-order valence-electron chi connectivity index (χ2n) is 5.09. The number of ether oxygens (including phenoxy) is 1. The van der Waals surface area contributed by atoms with E-state index >= 15 is 0 Å². The van der Waals surface area contributed by atoms with Gasteiger partial charge in [0.1, 0.15) is 11.6 Å². The molecule has 0 aliphatic rings. The Morgan fingerprint density at radius 2 is 1.79 bits per heavy atom. The molecule has 1 N–H and O–H groups in total. The van der Waals surface area contributed by atoms with Gasteiger partial charge in [0, 0.05) is 5.56 Å². The number of rotatable bonds is 4. The number of carbonyl (C=O) groups excluding carboxylic acids is 1. The predicted octanol–water partition coefficient (Wildman–Crippen LogP) is 3.97. The fraction of sp³-hybridized carbons (Fsp3) is 0.0556. The van der Waals surface area contributed by atoms with Crippen LogP contribution in [0.1, 0.15) is 15.9 Å². The number of amides is 1. The number of hydrogen-bond acceptors (Lipinski definition) is 4. The normalized spacial score (nSPS) is 10.2. The third-order valence-electron chi connectivity index (χ3n) is 3.27. The van der Waals surface area contributed by atoms with E-state index < -0.39 is 11.7 Å². The van der Waals surface area contributed by atoms with E-state index in [4.69, 9.17) is 4.74 Å². The van der Waals surface area contributed by atoms with E-state index in [9.17, 15) is 9.18 Å². The monoisotopic (exact) mass is 323 g/mol. The van der Waals surface area contributed by atoms with Crippen LogP contribution in [-0.2, 0) is 0 Å². The SMILES string of the molecule is Cc1ccc(C(=O)Nc2cnc(Oc3ccccc3)nc2)cc1F. The van der Waals surface area contributed by atoms with Crippen LogP contribution in [0.3, 0.4) is 0 Å². The van der Waals surface area contributed by atoms with Crippen molar-refractivity contribution < 1.29 is 13.9 Å². The molecule has 0 fully saturated rings. The highest BCUT2D eigenvalue weighted by Crippen LogP contribution is 2.17. The number of benzene rings is 2. The topological polar surface area (TPSA) is 64.1 Å². The van der Waals surface area contributed by atoms with Crippen LogP contribution in [0, 0.1) is 12.7 Å². The molecule has 3 rings (SSSR count). The van der Waals surface area contributed by atoms with Crippen LogP contribution in [-0.4, -0.2) is 15.9 Å². The van der Waals surface area contributed by atoms with E-state index in [2.05, 4.69) is 15.3 Å². The fourth-order valence-electron chi connectivity index (χ4n) is 1.96. The summed E-state index contributed by atoms with van der Waals surface area (Å²) in [6.07, 6.45) is 2.85. The summed E-state index contributed by atoms with van der Waals surface area (Å²) < 4.78 is 19.0. The molecule has 0 aliphatic heterocycles. The first-order chi connectivity index (χ1) is 11.6. The van der Waals surface area contributed by atoms with Gasteiger partial charge in [-0.2, -0.15) is 0 Å². The van der Waals surface area contributed by atoms with E-state index in [0.717, 1.165) is 0 Å².